The van der Waals surface area contributed by atoms with E-state index in [4.69, 9.17) is 0 Å². The molecule has 2 fully saturated rings. The van der Waals surface area contributed by atoms with Crippen LogP contribution in [0.25, 0.3) is 0 Å². The van der Waals surface area contributed by atoms with Crippen molar-refractivity contribution < 1.29 is 4.39 Å². The molecule has 0 heterocycles. The summed E-state index contributed by atoms with van der Waals surface area (Å²) in [7, 11) is 0. The fraction of sp³-hybridized carbons (Fsp3) is 0.625. The monoisotopic (exact) mass is 325 g/mol. The molecule has 0 aliphatic heterocycles. The van der Waals surface area contributed by atoms with Crippen molar-refractivity contribution >= 4 is 15.9 Å². The molecule has 1 atom stereocenters. The van der Waals surface area contributed by atoms with Crippen LogP contribution in [0.4, 0.5) is 4.39 Å². The molecule has 3 rings (SSSR count). The van der Waals surface area contributed by atoms with Crippen molar-refractivity contribution in [2.75, 3.05) is 0 Å². The summed E-state index contributed by atoms with van der Waals surface area (Å²) in [5.74, 6) is -0.104. The molecular formula is C16H21BrFN. The summed E-state index contributed by atoms with van der Waals surface area (Å²) >= 11 is 3.41. The Bertz CT molecular complexity index is 454. The van der Waals surface area contributed by atoms with Crippen molar-refractivity contribution in [3.8, 4) is 0 Å². The quantitative estimate of drug-likeness (QED) is 0.842. The number of hydrogen-bond donors (Lipinski definition) is 1. The number of nitrogens with one attached hydrogen (secondary N) is 1. The van der Waals surface area contributed by atoms with Crippen LogP contribution in [0.15, 0.2) is 22.7 Å². The zero-order valence-corrected chi connectivity index (χ0v) is 12.8. The number of halogens is 2. The van der Waals surface area contributed by atoms with Gasteiger partial charge in [-0.2, -0.15) is 0 Å². The van der Waals surface area contributed by atoms with Crippen LogP contribution in [-0.2, 0) is 6.54 Å². The highest BCUT2D eigenvalue weighted by Crippen LogP contribution is 2.51. The third kappa shape index (κ3) is 2.73. The first-order chi connectivity index (χ1) is 9.20. The van der Waals surface area contributed by atoms with Gasteiger partial charge in [0, 0.05) is 22.6 Å². The number of rotatable bonds is 3. The second-order valence-corrected chi connectivity index (χ2v) is 7.05. The SMILES string of the molecule is Fc1ccc(Br)cc1CNC1CCC12CCCCC2. The van der Waals surface area contributed by atoms with E-state index in [1.165, 1.54) is 51.0 Å². The van der Waals surface area contributed by atoms with Gasteiger partial charge in [0.25, 0.3) is 0 Å². The van der Waals surface area contributed by atoms with Crippen LogP contribution in [0.5, 0.6) is 0 Å². The van der Waals surface area contributed by atoms with E-state index >= 15 is 0 Å². The Morgan fingerprint density at radius 1 is 1.21 bits per heavy atom. The molecule has 2 saturated carbocycles. The Hall–Kier alpha value is -0.410. The molecule has 1 aromatic carbocycles. The van der Waals surface area contributed by atoms with Crippen molar-refractivity contribution in [1.82, 2.24) is 5.32 Å². The molecule has 104 valence electrons. The summed E-state index contributed by atoms with van der Waals surface area (Å²) in [6.07, 6.45) is 9.51. The minimum absolute atomic E-state index is 0.104. The maximum absolute atomic E-state index is 13.7. The van der Waals surface area contributed by atoms with Crippen LogP contribution in [0.2, 0.25) is 0 Å². The van der Waals surface area contributed by atoms with E-state index in [0.717, 1.165) is 10.0 Å². The molecule has 0 radical (unpaired) electrons. The molecule has 0 saturated heterocycles. The largest absolute Gasteiger partial charge is 0.309 e. The molecule has 0 bridgehead atoms. The third-order valence-electron chi connectivity index (χ3n) is 5.07. The molecule has 2 aliphatic rings. The zero-order valence-electron chi connectivity index (χ0n) is 11.2. The van der Waals surface area contributed by atoms with E-state index in [0.29, 0.717) is 18.0 Å². The van der Waals surface area contributed by atoms with E-state index in [1.54, 1.807) is 6.07 Å². The van der Waals surface area contributed by atoms with Crippen LogP contribution in [-0.4, -0.2) is 6.04 Å². The van der Waals surface area contributed by atoms with Gasteiger partial charge in [-0.15, -0.1) is 0 Å². The summed E-state index contributed by atoms with van der Waals surface area (Å²) in [6.45, 7) is 0.650. The van der Waals surface area contributed by atoms with Crippen molar-refractivity contribution in [3.05, 3.63) is 34.1 Å². The standard InChI is InChI=1S/C16H21BrFN/c17-13-4-5-14(18)12(10-13)11-19-15-6-9-16(15)7-2-1-3-8-16/h4-5,10,15,19H,1-3,6-9,11H2. The van der Waals surface area contributed by atoms with Gasteiger partial charge in [-0.25, -0.2) is 4.39 Å². The van der Waals surface area contributed by atoms with Crippen molar-refractivity contribution in [1.29, 1.82) is 0 Å². The Morgan fingerprint density at radius 2 is 2.00 bits per heavy atom. The fourth-order valence-electron chi connectivity index (χ4n) is 3.78. The molecule has 0 aromatic heterocycles. The molecule has 1 spiro atoms. The molecule has 1 aromatic rings. The van der Waals surface area contributed by atoms with Gasteiger partial charge in [-0.05, 0) is 49.3 Å². The lowest BCUT2D eigenvalue weighted by atomic mass is 9.57. The highest BCUT2D eigenvalue weighted by molar-refractivity contribution is 9.10. The third-order valence-corrected chi connectivity index (χ3v) is 5.56. The molecule has 2 aliphatic carbocycles. The predicted octanol–water partition coefficient (Wildman–Crippen LogP) is 4.79. The lowest BCUT2D eigenvalue weighted by molar-refractivity contribution is 0.0220. The van der Waals surface area contributed by atoms with Gasteiger partial charge < -0.3 is 5.32 Å². The van der Waals surface area contributed by atoms with Crippen LogP contribution >= 0.6 is 15.9 Å². The number of benzene rings is 1. The summed E-state index contributed by atoms with van der Waals surface area (Å²) in [5, 5.41) is 3.60. The molecule has 3 heteroatoms. The van der Waals surface area contributed by atoms with Gasteiger partial charge in [-0.1, -0.05) is 35.2 Å². The Balaban J connectivity index is 1.61. The first-order valence-corrected chi connectivity index (χ1v) is 8.16. The van der Waals surface area contributed by atoms with Crippen molar-refractivity contribution in [3.63, 3.8) is 0 Å². The minimum Gasteiger partial charge on any atom is -0.309 e. The minimum atomic E-state index is -0.104. The van der Waals surface area contributed by atoms with Gasteiger partial charge >= 0.3 is 0 Å². The van der Waals surface area contributed by atoms with E-state index < -0.39 is 0 Å². The fourth-order valence-corrected chi connectivity index (χ4v) is 4.19. The zero-order chi connectivity index (χ0) is 13.3. The second kappa shape index (κ2) is 5.53. The van der Waals surface area contributed by atoms with Gasteiger partial charge in [0.05, 0.1) is 0 Å². The molecule has 19 heavy (non-hydrogen) atoms. The average Bonchev–Trinajstić information content (AvgIpc) is 2.42. The molecule has 1 N–H and O–H groups in total. The van der Waals surface area contributed by atoms with Gasteiger partial charge in [-0.3, -0.25) is 0 Å². The Labute approximate surface area is 123 Å². The summed E-state index contributed by atoms with van der Waals surface area (Å²) in [6, 6.07) is 5.78. The molecule has 1 unspecified atom stereocenters. The lowest BCUT2D eigenvalue weighted by Crippen LogP contribution is -2.54. The maximum atomic E-state index is 13.7. The number of hydrogen-bond acceptors (Lipinski definition) is 1. The molecule has 0 amide bonds. The Kier molecular flexibility index (Phi) is 3.95. The highest BCUT2D eigenvalue weighted by atomic mass is 79.9. The van der Waals surface area contributed by atoms with Gasteiger partial charge in [0.15, 0.2) is 0 Å². The second-order valence-electron chi connectivity index (χ2n) is 6.13. The van der Waals surface area contributed by atoms with Crippen LogP contribution in [0, 0.1) is 11.2 Å². The van der Waals surface area contributed by atoms with Crippen molar-refractivity contribution in [2.45, 2.75) is 57.5 Å². The predicted molar refractivity (Wildman–Crippen MR) is 79.5 cm³/mol. The summed E-state index contributed by atoms with van der Waals surface area (Å²) in [4.78, 5) is 0. The van der Waals surface area contributed by atoms with E-state index in [1.807, 2.05) is 6.07 Å². The highest BCUT2D eigenvalue weighted by Gasteiger charge is 2.46. The normalized spacial score (nSPS) is 25.3. The lowest BCUT2D eigenvalue weighted by Gasteiger charge is -2.52. The van der Waals surface area contributed by atoms with E-state index in [-0.39, 0.29) is 5.82 Å². The first-order valence-electron chi connectivity index (χ1n) is 7.37. The average molecular weight is 326 g/mol. The Morgan fingerprint density at radius 3 is 2.68 bits per heavy atom. The van der Waals surface area contributed by atoms with Gasteiger partial charge in [0.2, 0.25) is 0 Å². The smallest absolute Gasteiger partial charge is 0.127 e. The summed E-state index contributed by atoms with van der Waals surface area (Å²) in [5.41, 5.74) is 1.31. The van der Waals surface area contributed by atoms with Crippen LogP contribution in [0.1, 0.15) is 50.5 Å². The molecule has 1 nitrogen and oxygen atoms in total. The maximum Gasteiger partial charge on any atom is 0.127 e. The van der Waals surface area contributed by atoms with E-state index in [2.05, 4.69) is 21.2 Å². The topological polar surface area (TPSA) is 12.0 Å². The molecular weight excluding hydrogens is 305 g/mol. The first kappa shape index (κ1) is 13.6. The van der Waals surface area contributed by atoms with E-state index in [9.17, 15) is 4.39 Å². The van der Waals surface area contributed by atoms with Crippen LogP contribution < -0.4 is 5.32 Å². The van der Waals surface area contributed by atoms with Gasteiger partial charge in [0.1, 0.15) is 5.82 Å². The van der Waals surface area contributed by atoms with Crippen LogP contribution in [0.3, 0.4) is 0 Å². The van der Waals surface area contributed by atoms with Crippen molar-refractivity contribution in [2.24, 2.45) is 5.41 Å². The summed E-state index contributed by atoms with van der Waals surface area (Å²) < 4.78 is 14.7.